The number of carbonyl (C=O) groups is 2. The minimum absolute atomic E-state index is 0.387. The van der Waals surface area contributed by atoms with Crippen molar-refractivity contribution in [3.8, 4) is 11.5 Å². The highest BCUT2D eigenvalue weighted by Gasteiger charge is 2.14. The Hall–Kier alpha value is -3.02. The summed E-state index contributed by atoms with van der Waals surface area (Å²) in [6.07, 6.45) is 0. The number of ether oxygens (including phenoxy) is 3. The highest BCUT2D eigenvalue weighted by atomic mass is 16.5. The van der Waals surface area contributed by atoms with Gasteiger partial charge in [0, 0.05) is 0 Å². The van der Waals surface area contributed by atoms with Crippen molar-refractivity contribution in [3.63, 3.8) is 0 Å². The van der Waals surface area contributed by atoms with Crippen molar-refractivity contribution in [1.82, 2.24) is 0 Å². The third kappa shape index (κ3) is 4.25. The predicted octanol–water partition coefficient (Wildman–Crippen LogP) is 2.81. The standard InChI is InChI=1S/C18H19NO5/c1-12-10-13(22-2)8-9-14(12)18(21)24-11-17(20)19-15-6-4-5-7-16(15)23-3/h4-10H,11H2,1-3H3,(H,19,20). The molecule has 0 aliphatic carbocycles. The van der Waals surface area contributed by atoms with Gasteiger partial charge in [0.2, 0.25) is 0 Å². The summed E-state index contributed by atoms with van der Waals surface area (Å²) in [6.45, 7) is 1.39. The first kappa shape index (κ1) is 17.3. The van der Waals surface area contributed by atoms with Crippen LogP contribution in [0.1, 0.15) is 15.9 Å². The second-order valence-electron chi connectivity index (χ2n) is 5.01. The number of anilines is 1. The Morgan fingerprint density at radius 3 is 2.46 bits per heavy atom. The Kier molecular flexibility index (Phi) is 5.78. The van der Waals surface area contributed by atoms with E-state index in [0.29, 0.717) is 28.3 Å². The van der Waals surface area contributed by atoms with Crippen LogP contribution in [0.4, 0.5) is 5.69 Å². The fourth-order valence-electron chi connectivity index (χ4n) is 2.14. The molecule has 0 unspecified atom stereocenters. The molecule has 2 rings (SSSR count). The molecule has 0 fully saturated rings. The van der Waals surface area contributed by atoms with Gasteiger partial charge < -0.3 is 19.5 Å². The molecular weight excluding hydrogens is 310 g/mol. The Bertz CT molecular complexity index is 742. The van der Waals surface area contributed by atoms with Gasteiger partial charge in [-0.1, -0.05) is 12.1 Å². The molecule has 0 aliphatic rings. The van der Waals surface area contributed by atoms with E-state index in [1.807, 2.05) is 0 Å². The van der Waals surface area contributed by atoms with Crippen molar-refractivity contribution in [1.29, 1.82) is 0 Å². The zero-order valence-electron chi connectivity index (χ0n) is 13.8. The Morgan fingerprint density at radius 2 is 1.79 bits per heavy atom. The van der Waals surface area contributed by atoms with E-state index < -0.39 is 11.9 Å². The second kappa shape index (κ2) is 8.01. The summed E-state index contributed by atoms with van der Waals surface area (Å²) in [5.41, 5.74) is 1.62. The maximum absolute atomic E-state index is 12.1. The molecule has 0 radical (unpaired) electrons. The zero-order valence-corrected chi connectivity index (χ0v) is 13.8. The van der Waals surface area contributed by atoms with Crippen molar-refractivity contribution in [2.24, 2.45) is 0 Å². The number of amides is 1. The summed E-state index contributed by atoms with van der Waals surface area (Å²) >= 11 is 0. The van der Waals surface area contributed by atoms with E-state index in [2.05, 4.69) is 5.32 Å². The molecule has 0 aromatic heterocycles. The molecule has 0 aliphatic heterocycles. The van der Waals surface area contributed by atoms with Crippen LogP contribution in [0.25, 0.3) is 0 Å². The lowest BCUT2D eigenvalue weighted by Gasteiger charge is -2.11. The molecule has 6 nitrogen and oxygen atoms in total. The molecule has 0 spiro atoms. The quantitative estimate of drug-likeness (QED) is 0.825. The van der Waals surface area contributed by atoms with Gasteiger partial charge in [-0.2, -0.15) is 0 Å². The molecule has 1 N–H and O–H groups in total. The third-order valence-corrected chi connectivity index (χ3v) is 3.37. The molecule has 0 saturated carbocycles. The number of carbonyl (C=O) groups excluding carboxylic acids is 2. The van der Waals surface area contributed by atoms with Gasteiger partial charge in [0.15, 0.2) is 6.61 Å². The van der Waals surface area contributed by atoms with Crippen LogP contribution in [0, 0.1) is 6.92 Å². The fraction of sp³-hybridized carbons (Fsp3) is 0.222. The average Bonchev–Trinajstić information content (AvgIpc) is 2.60. The van der Waals surface area contributed by atoms with Gasteiger partial charge in [0.25, 0.3) is 5.91 Å². The lowest BCUT2D eigenvalue weighted by Crippen LogP contribution is -2.21. The number of nitrogens with one attached hydrogen (secondary N) is 1. The number of methoxy groups -OCH3 is 2. The van der Waals surface area contributed by atoms with Gasteiger partial charge in [0.1, 0.15) is 11.5 Å². The highest BCUT2D eigenvalue weighted by molar-refractivity contribution is 5.96. The van der Waals surface area contributed by atoms with Crippen LogP contribution in [-0.2, 0) is 9.53 Å². The number of rotatable bonds is 6. The largest absolute Gasteiger partial charge is 0.497 e. The van der Waals surface area contributed by atoms with Gasteiger partial charge in [0.05, 0.1) is 25.5 Å². The van der Waals surface area contributed by atoms with Crippen molar-refractivity contribution < 1.29 is 23.8 Å². The number of hydrogen-bond donors (Lipinski definition) is 1. The van der Waals surface area contributed by atoms with Crippen LogP contribution in [0.15, 0.2) is 42.5 Å². The van der Waals surface area contributed by atoms with Crippen molar-refractivity contribution in [2.75, 3.05) is 26.1 Å². The van der Waals surface area contributed by atoms with Gasteiger partial charge in [-0.3, -0.25) is 4.79 Å². The Morgan fingerprint density at radius 1 is 1.04 bits per heavy atom. The minimum atomic E-state index is -0.565. The molecule has 126 valence electrons. The zero-order chi connectivity index (χ0) is 17.5. The maximum atomic E-state index is 12.1. The van der Waals surface area contributed by atoms with E-state index in [9.17, 15) is 9.59 Å². The van der Waals surface area contributed by atoms with E-state index in [1.165, 1.54) is 7.11 Å². The van der Waals surface area contributed by atoms with Crippen molar-refractivity contribution in [2.45, 2.75) is 6.92 Å². The summed E-state index contributed by atoms with van der Waals surface area (Å²) in [4.78, 5) is 24.0. The van der Waals surface area contributed by atoms with Gasteiger partial charge in [-0.25, -0.2) is 4.79 Å². The molecule has 0 bridgehead atoms. The molecule has 0 heterocycles. The molecule has 1 amide bonds. The summed E-state index contributed by atoms with van der Waals surface area (Å²) < 4.78 is 15.3. The third-order valence-electron chi connectivity index (χ3n) is 3.37. The molecule has 24 heavy (non-hydrogen) atoms. The van der Waals surface area contributed by atoms with Crippen LogP contribution in [0.2, 0.25) is 0 Å². The molecule has 0 saturated heterocycles. The SMILES string of the molecule is COc1ccc(C(=O)OCC(=O)Nc2ccccc2OC)c(C)c1. The van der Waals surface area contributed by atoms with Gasteiger partial charge in [-0.15, -0.1) is 0 Å². The lowest BCUT2D eigenvalue weighted by atomic mass is 10.1. The Labute approximate surface area is 140 Å². The molecular formula is C18H19NO5. The number of esters is 1. The summed E-state index contributed by atoms with van der Waals surface area (Å²) in [5.74, 6) is 0.172. The highest BCUT2D eigenvalue weighted by Crippen LogP contribution is 2.23. The van der Waals surface area contributed by atoms with Crippen molar-refractivity contribution >= 4 is 17.6 Å². The monoisotopic (exact) mass is 329 g/mol. The topological polar surface area (TPSA) is 73.9 Å². The fourth-order valence-corrected chi connectivity index (χ4v) is 2.14. The Balaban J connectivity index is 1.95. The number of hydrogen-bond acceptors (Lipinski definition) is 5. The molecule has 0 atom stereocenters. The van der Waals surface area contributed by atoms with E-state index in [1.54, 1.807) is 56.5 Å². The molecule has 6 heteroatoms. The smallest absolute Gasteiger partial charge is 0.338 e. The van der Waals surface area contributed by atoms with Gasteiger partial charge >= 0.3 is 5.97 Å². The van der Waals surface area contributed by atoms with E-state index >= 15 is 0 Å². The summed E-state index contributed by atoms with van der Waals surface area (Å²) in [5, 5.41) is 2.64. The first-order chi connectivity index (χ1) is 11.5. The van der Waals surface area contributed by atoms with E-state index in [4.69, 9.17) is 14.2 Å². The lowest BCUT2D eigenvalue weighted by molar-refractivity contribution is -0.119. The predicted molar refractivity (Wildman–Crippen MR) is 89.6 cm³/mol. The summed E-state index contributed by atoms with van der Waals surface area (Å²) in [6, 6.07) is 12.0. The van der Waals surface area contributed by atoms with Crippen LogP contribution in [0.3, 0.4) is 0 Å². The maximum Gasteiger partial charge on any atom is 0.338 e. The van der Waals surface area contributed by atoms with E-state index in [-0.39, 0.29) is 6.61 Å². The van der Waals surface area contributed by atoms with Gasteiger partial charge in [-0.05, 0) is 42.8 Å². The van der Waals surface area contributed by atoms with Crippen molar-refractivity contribution in [3.05, 3.63) is 53.6 Å². The second-order valence-corrected chi connectivity index (χ2v) is 5.01. The normalized spacial score (nSPS) is 9.96. The number of aryl methyl sites for hydroxylation is 1. The molecule has 2 aromatic rings. The van der Waals surface area contributed by atoms with Crippen LogP contribution in [0.5, 0.6) is 11.5 Å². The minimum Gasteiger partial charge on any atom is -0.497 e. The first-order valence-electron chi connectivity index (χ1n) is 7.29. The summed E-state index contributed by atoms with van der Waals surface area (Å²) in [7, 11) is 3.06. The van der Waals surface area contributed by atoms with Crippen LogP contribution < -0.4 is 14.8 Å². The van der Waals surface area contributed by atoms with Crippen LogP contribution in [-0.4, -0.2) is 32.7 Å². The first-order valence-corrected chi connectivity index (χ1v) is 7.29. The number of para-hydroxylation sites is 2. The van der Waals surface area contributed by atoms with E-state index in [0.717, 1.165) is 0 Å². The average molecular weight is 329 g/mol. The van der Waals surface area contributed by atoms with Crippen LogP contribution >= 0.6 is 0 Å². The molecule has 2 aromatic carbocycles. The number of benzene rings is 2.